The first-order valence-corrected chi connectivity index (χ1v) is 18.9. The smallest absolute Gasteiger partial charge is 0.337 e. The standard InChI is InChI=1S/C25H20F2N2O2.C19H17BrN2O2/c1-29-8-7-16-9-14(10-19(24(16)29)18-3-2-4-21(26)23(18)27)11-22-20(25(30)31)12-17(13-28-22)15-5-6-15;1-22-5-4-13-6-11(7-16(20)18(13)22)8-17-15(19(23)24)9-14(10-21-17)12-2-3-12/h2-4,7-10,12-13,15H,5-6,11H2,1H3,(H,30,31);4-7,9-10,12H,2-3,8H2,1H3,(H,23,24). The lowest BCUT2D eigenvalue weighted by atomic mass is 9.96. The molecule has 11 heteroatoms. The van der Waals surface area contributed by atoms with Gasteiger partial charge in [-0.05, 0) is 130 Å². The van der Waals surface area contributed by atoms with Gasteiger partial charge in [-0.2, -0.15) is 0 Å². The van der Waals surface area contributed by atoms with Gasteiger partial charge in [-0.25, -0.2) is 18.4 Å². The summed E-state index contributed by atoms with van der Waals surface area (Å²) in [6.45, 7) is 0. The van der Waals surface area contributed by atoms with Crippen molar-refractivity contribution in [1.82, 2.24) is 19.1 Å². The van der Waals surface area contributed by atoms with Crippen LogP contribution >= 0.6 is 15.9 Å². The van der Waals surface area contributed by atoms with Gasteiger partial charge in [-0.15, -0.1) is 0 Å². The molecule has 278 valence electrons. The van der Waals surface area contributed by atoms with E-state index in [2.05, 4.69) is 42.6 Å². The molecule has 0 atom stereocenters. The van der Waals surface area contributed by atoms with E-state index in [1.54, 1.807) is 30.5 Å². The highest BCUT2D eigenvalue weighted by Gasteiger charge is 2.27. The molecule has 3 aromatic carbocycles. The van der Waals surface area contributed by atoms with Crippen LogP contribution in [-0.2, 0) is 26.9 Å². The van der Waals surface area contributed by atoms with Crippen molar-refractivity contribution >= 4 is 49.7 Å². The number of aryl methyl sites for hydroxylation is 2. The van der Waals surface area contributed by atoms with Crippen LogP contribution in [0.25, 0.3) is 32.9 Å². The monoisotopic (exact) mass is 802 g/mol. The van der Waals surface area contributed by atoms with E-state index in [1.807, 2.05) is 55.5 Å². The Labute approximate surface area is 324 Å². The molecule has 2 aliphatic carbocycles. The number of fused-ring (bicyclic) bond motifs is 2. The third kappa shape index (κ3) is 7.41. The Hall–Kier alpha value is -5.68. The van der Waals surface area contributed by atoms with Gasteiger partial charge >= 0.3 is 11.9 Å². The molecule has 2 N–H and O–H groups in total. The van der Waals surface area contributed by atoms with Gasteiger partial charge in [0.15, 0.2) is 11.6 Å². The molecule has 0 unspecified atom stereocenters. The molecular weight excluding hydrogens is 766 g/mol. The van der Waals surface area contributed by atoms with Gasteiger partial charge in [-0.3, -0.25) is 9.97 Å². The first-order chi connectivity index (χ1) is 26.4. The highest BCUT2D eigenvalue weighted by Crippen LogP contribution is 2.41. The second kappa shape index (κ2) is 14.5. The van der Waals surface area contributed by atoms with E-state index in [0.29, 0.717) is 40.8 Å². The molecule has 0 bridgehead atoms. The number of carbonyl (C=O) groups is 2. The molecule has 2 saturated carbocycles. The minimum absolute atomic E-state index is 0.171. The van der Waals surface area contributed by atoms with Gasteiger partial charge in [0.2, 0.25) is 0 Å². The highest BCUT2D eigenvalue weighted by molar-refractivity contribution is 9.10. The van der Waals surface area contributed by atoms with Crippen LogP contribution in [0.2, 0.25) is 0 Å². The summed E-state index contributed by atoms with van der Waals surface area (Å²) >= 11 is 3.62. The number of hydrogen-bond acceptors (Lipinski definition) is 4. The van der Waals surface area contributed by atoms with E-state index in [9.17, 15) is 28.6 Å². The number of benzene rings is 3. The van der Waals surface area contributed by atoms with Gasteiger partial charge in [0.05, 0.1) is 33.5 Å². The zero-order valence-electron chi connectivity index (χ0n) is 30.2. The zero-order chi connectivity index (χ0) is 38.5. The van der Waals surface area contributed by atoms with Crippen molar-refractivity contribution in [3.63, 3.8) is 0 Å². The molecule has 0 radical (unpaired) electrons. The van der Waals surface area contributed by atoms with Crippen LogP contribution in [-0.4, -0.2) is 41.3 Å². The molecule has 0 saturated heterocycles. The zero-order valence-corrected chi connectivity index (χ0v) is 31.8. The van der Waals surface area contributed by atoms with Gasteiger partial charge in [0.1, 0.15) is 0 Å². The SMILES string of the molecule is Cn1ccc2cc(Cc3ncc(C4CC4)cc3C(=O)O)cc(-c3cccc(F)c3F)c21.Cn1ccc2cc(Cc3ncc(C4CC4)cc3C(=O)O)cc(Br)c21. The molecule has 2 fully saturated rings. The van der Waals surface area contributed by atoms with E-state index in [-0.39, 0.29) is 17.5 Å². The Kier molecular flexibility index (Phi) is 9.58. The Morgan fingerprint density at radius 3 is 1.75 bits per heavy atom. The fourth-order valence-electron chi connectivity index (χ4n) is 7.41. The van der Waals surface area contributed by atoms with Crippen molar-refractivity contribution in [2.45, 2.75) is 50.4 Å². The molecule has 4 aromatic heterocycles. The van der Waals surface area contributed by atoms with Crippen molar-refractivity contribution in [3.8, 4) is 11.1 Å². The van der Waals surface area contributed by atoms with Gasteiger partial charge in [0.25, 0.3) is 0 Å². The average molecular weight is 804 g/mol. The maximum absolute atomic E-state index is 14.6. The van der Waals surface area contributed by atoms with Crippen molar-refractivity contribution in [1.29, 1.82) is 0 Å². The molecular formula is C44H37BrF2N4O4. The first kappa shape index (κ1) is 36.3. The largest absolute Gasteiger partial charge is 0.478 e. The molecule has 8 nitrogen and oxygen atoms in total. The van der Waals surface area contributed by atoms with E-state index in [0.717, 1.165) is 80.3 Å². The Bertz CT molecular complexity index is 2660. The van der Waals surface area contributed by atoms with Crippen LogP contribution in [0.1, 0.15) is 91.9 Å². The number of nitrogens with zero attached hydrogens (tertiary/aromatic N) is 4. The van der Waals surface area contributed by atoms with Gasteiger partial charge in [0, 0.05) is 78.1 Å². The van der Waals surface area contributed by atoms with E-state index in [1.165, 1.54) is 6.07 Å². The van der Waals surface area contributed by atoms with Crippen LogP contribution in [0.4, 0.5) is 8.78 Å². The number of halogens is 3. The predicted octanol–water partition coefficient (Wildman–Crippen LogP) is 10.2. The minimum atomic E-state index is -1.01. The topological polar surface area (TPSA) is 110 Å². The van der Waals surface area contributed by atoms with Gasteiger partial charge in [-0.1, -0.05) is 12.1 Å². The van der Waals surface area contributed by atoms with E-state index < -0.39 is 23.6 Å². The summed E-state index contributed by atoms with van der Waals surface area (Å²) in [6.07, 6.45) is 12.7. The lowest BCUT2D eigenvalue weighted by molar-refractivity contribution is 0.0684. The Morgan fingerprint density at radius 2 is 1.22 bits per heavy atom. The third-order valence-corrected chi connectivity index (χ3v) is 11.1. The quantitative estimate of drug-likeness (QED) is 0.150. The van der Waals surface area contributed by atoms with Crippen molar-refractivity contribution in [2.24, 2.45) is 14.1 Å². The molecule has 4 heterocycles. The minimum Gasteiger partial charge on any atom is -0.478 e. The molecule has 9 rings (SSSR count). The van der Waals surface area contributed by atoms with Crippen molar-refractivity contribution in [2.75, 3.05) is 0 Å². The summed E-state index contributed by atoms with van der Waals surface area (Å²) in [5.41, 5.74) is 8.08. The fourth-order valence-corrected chi connectivity index (χ4v) is 8.21. The summed E-state index contributed by atoms with van der Waals surface area (Å²) in [5, 5.41) is 21.3. The number of rotatable bonds is 9. The van der Waals surface area contributed by atoms with Crippen LogP contribution < -0.4 is 0 Å². The molecule has 0 spiro atoms. The lowest BCUT2D eigenvalue weighted by Crippen LogP contribution is -2.07. The second-order valence-corrected chi connectivity index (χ2v) is 15.4. The number of carboxylic acid groups (broad SMARTS) is 2. The molecule has 0 aliphatic heterocycles. The number of hydrogen-bond donors (Lipinski definition) is 2. The van der Waals surface area contributed by atoms with Crippen LogP contribution in [0.5, 0.6) is 0 Å². The average Bonchev–Trinajstić information content (AvgIpc) is 4.10. The van der Waals surface area contributed by atoms with Crippen LogP contribution in [0.15, 0.2) is 96.0 Å². The molecule has 0 amide bonds. The number of pyridine rings is 2. The number of carboxylic acids is 2. The first-order valence-electron chi connectivity index (χ1n) is 18.1. The Balaban J connectivity index is 0.000000160. The second-order valence-electron chi connectivity index (χ2n) is 14.6. The van der Waals surface area contributed by atoms with E-state index >= 15 is 0 Å². The summed E-state index contributed by atoms with van der Waals surface area (Å²) < 4.78 is 33.5. The normalized spacial score (nSPS) is 13.9. The summed E-state index contributed by atoms with van der Waals surface area (Å²) in [6, 6.07) is 19.5. The summed E-state index contributed by atoms with van der Waals surface area (Å²) in [4.78, 5) is 32.4. The molecule has 7 aromatic rings. The van der Waals surface area contributed by atoms with E-state index in [4.69, 9.17) is 0 Å². The summed E-state index contributed by atoms with van der Waals surface area (Å²) in [7, 11) is 3.86. The third-order valence-electron chi connectivity index (χ3n) is 10.5. The number of aromatic carboxylic acids is 2. The van der Waals surface area contributed by atoms with Crippen LogP contribution in [0.3, 0.4) is 0 Å². The fraction of sp³-hybridized carbons (Fsp3) is 0.227. The van der Waals surface area contributed by atoms with Crippen molar-refractivity contribution < 1.29 is 28.6 Å². The predicted molar refractivity (Wildman–Crippen MR) is 211 cm³/mol. The lowest BCUT2D eigenvalue weighted by Gasteiger charge is -2.13. The Morgan fingerprint density at radius 1 is 0.709 bits per heavy atom. The maximum Gasteiger partial charge on any atom is 0.337 e. The number of aromatic nitrogens is 4. The van der Waals surface area contributed by atoms with Crippen molar-refractivity contribution in [3.05, 3.63) is 152 Å². The maximum atomic E-state index is 14.6. The van der Waals surface area contributed by atoms with Gasteiger partial charge < -0.3 is 19.3 Å². The summed E-state index contributed by atoms with van der Waals surface area (Å²) in [5.74, 6) is -2.82. The molecule has 55 heavy (non-hydrogen) atoms. The highest BCUT2D eigenvalue weighted by atomic mass is 79.9. The van der Waals surface area contributed by atoms with Crippen LogP contribution in [0, 0.1) is 11.6 Å². The molecule has 2 aliphatic rings.